The fourth-order valence-electron chi connectivity index (χ4n) is 1.38. The lowest BCUT2D eigenvalue weighted by molar-refractivity contribution is -0.121. The van der Waals surface area contributed by atoms with Gasteiger partial charge in [-0.05, 0) is 6.54 Å². The van der Waals surface area contributed by atoms with E-state index in [1.54, 1.807) is 24.1 Å². The van der Waals surface area contributed by atoms with Crippen LogP contribution in [0.1, 0.15) is 6.92 Å². The predicted octanol–water partition coefficient (Wildman–Crippen LogP) is -0.467. The van der Waals surface area contributed by atoms with Gasteiger partial charge in [-0.1, -0.05) is 6.92 Å². The van der Waals surface area contributed by atoms with Gasteiger partial charge in [-0.15, -0.1) is 0 Å². The Hall–Kier alpha value is -1.56. The SMILES string of the molecule is CCN(CCn1cc(N)cn1)CC(=O)NC. The van der Waals surface area contributed by atoms with E-state index in [0.717, 1.165) is 19.6 Å². The molecule has 0 saturated heterocycles. The Balaban J connectivity index is 2.36. The number of nitrogens with two attached hydrogens (primary N) is 1. The number of nitrogen functional groups attached to an aromatic ring is 1. The Bertz CT molecular complexity index is 336. The molecule has 16 heavy (non-hydrogen) atoms. The summed E-state index contributed by atoms with van der Waals surface area (Å²) in [6.07, 6.45) is 3.41. The summed E-state index contributed by atoms with van der Waals surface area (Å²) in [6.45, 7) is 4.81. The summed E-state index contributed by atoms with van der Waals surface area (Å²) in [5.74, 6) is 0.0295. The maximum Gasteiger partial charge on any atom is 0.233 e. The number of hydrogen-bond acceptors (Lipinski definition) is 4. The Labute approximate surface area is 95.4 Å². The van der Waals surface area contributed by atoms with E-state index in [0.29, 0.717) is 12.2 Å². The number of hydrogen-bond donors (Lipinski definition) is 2. The highest BCUT2D eigenvalue weighted by atomic mass is 16.1. The third-order valence-corrected chi connectivity index (χ3v) is 2.39. The molecular formula is C10H19N5O. The molecule has 0 aromatic carbocycles. The van der Waals surface area contributed by atoms with Gasteiger partial charge < -0.3 is 11.1 Å². The second-order valence-corrected chi connectivity index (χ2v) is 3.58. The Morgan fingerprint density at radius 2 is 2.44 bits per heavy atom. The lowest BCUT2D eigenvalue weighted by Gasteiger charge is -2.18. The average Bonchev–Trinajstić information content (AvgIpc) is 2.69. The summed E-state index contributed by atoms with van der Waals surface area (Å²) >= 11 is 0. The van der Waals surface area contributed by atoms with Crippen LogP contribution >= 0.6 is 0 Å². The van der Waals surface area contributed by atoms with Crippen LogP contribution in [0.5, 0.6) is 0 Å². The number of aromatic nitrogens is 2. The molecule has 90 valence electrons. The second kappa shape index (κ2) is 6.12. The first-order chi connectivity index (χ1) is 7.65. The zero-order valence-corrected chi connectivity index (χ0v) is 9.81. The van der Waals surface area contributed by atoms with Crippen molar-refractivity contribution in [2.24, 2.45) is 0 Å². The van der Waals surface area contributed by atoms with Gasteiger partial charge >= 0.3 is 0 Å². The zero-order valence-electron chi connectivity index (χ0n) is 9.81. The van der Waals surface area contributed by atoms with Crippen molar-refractivity contribution in [2.75, 3.05) is 32.4 Å². The highest BCUT2D eigenvalue weighted by molar-refractivity contribution is 5.77. The summed E-state index contributed by atoms with van der Waals surface area (Å²) in [7, 11) is 1.64. The predicted molar refractivity (Wildman–Crippen MR) is 62.8 cm³/mol. The van der Waals surface area contributed by atoms with Gasteiger partial charge in [0.1, 0.15) is 0 Å². The molecule has 6 nitrogen and oxygen atoms in total. The molecule has 0 aliphatic heterocycles. The van der Waals surface area contributed by atoms with E-state index in [1.165, 1.54) is 0 Å². The smallest absolute Gasteiger partial charge is 0.233 e. The van der Waals surface area contributed by atoms with Gasteiger partial charge in [-0.2, -0.15) is 5.10 Å². The van der Waals surface area contributed by atoms with Crippen LogP contribution in [0.4, 0.5) is 5.69 Å². The van der Waals surface area contributed by atoms with Gasteiger partial charge in [0.2, 0.25) is 5.91 Å². The van der Waals surface area contributed by atoms with E-state index < -0.39 is 0 Å². The minimum Gasteiger partial charge on any atom is -0.396 e. The Kier molecular flexibility index (Phi) is 4.78. The topological polar surface area (TPSA) is 76.2 Å². The molecule has 1 rings (SSSR count). The zero-order chi connectivity index (χ0) is 12.0. The standard InChI is InChI=1S/C10H19N5O/c1-3-14(8-10(16)12-2)4-5-15-7-9(11)6-13-15/h6-7H,3-5,8,11H2,1-2H3,(H,12,16). The van der Waals surface area contributed by atoms with Crippen LogP contribution in [-0.2, 0) is 11.3 Å². The van der Waals surface area contributed by atoms with Crippen LogP contribution < -0.4 is 11.1 Å². The van der Waals surface area contributed by atoms with Gasteiger partial charge in [0.05, 0.1) is 25.0 Å². The molecule has 1 amide bonds. The number of rotatable bonds is 6. The van der Waals surface area contributed by atoms with Crippen molar-refractivity contribution >= 4 is 11.6 Å². The minimum absolute atomic E-state index is 0.0295. The number of anilines is 1. The van der Waals surface area contributed by atoms with E-state index in [4.69, 9.17) is 5.73 Å². The van der Waals surface area contributed by atoms with Crippen molar-refractivity contribution in [3.05, 3.63) is 12.4 Å². The fraction of sp³-hybridized carbons (Fsp3) is 0.600. The number of amides is 1. The molecule has 0 saturated carbocycles. The fourth-order valence-corrected chi connectivity index (χ4v) is 1.38. The highest BCUT2D eigenvalue weighted by Crippen LogP contribution is 1.98. The van der Waals surface area contributed by atoms with Gasteiger partial charge in [-0.25, -0.2) is 0 Å². The van der Waals surface area contributed by atoms with Crippen molar-refractivity contribution in [2.45, 2.75) is 13.5 Å². The van der Waals surface area contributed by atoms with Crippen molar-refractivity contribution in [3.63, 3.8) is 0 Å². The van der Waals surface area contributed by atoms with Crippen LogP contribution in [0.2, 0.25) is 0 Å². The maximum absolute atomic E-state index is 11.2. The molecule has 0 bridgehead atoms. The van der Waals surface area contributed by atoms with Crippen molar-refractivity contribution < 1.29 is 4.79 Å². The van der Waals surface area contributed by atoms with Gasteiger partial charge in [0.25, 0.3) is 0 Å². The molecule has 0 spiro atoms. The molecule has 1 aromatic rings. The van der Waals surface area contributed by atoms with E-state index in [-0.39, 0.29) is 5.91 Å². The molecule has 0 fully saturated rings. The first-order valence-electron chi connectivity index (χ1n) is 5.36. The summed E-state index contributed by atoms with van der Waals surface area (Å²) in [5, 5.41) is 6.69. The normalized spacial score (nSPS) is 10.7. The van der Waals surface area contributed by atoms with Gasteiger partial charge in [0, 0.05) is 19.8 Å². The first kappa shape index (κ1) is 12.5. The van der Waals surface area contributed by atoms with E-state index in [2.05, 4.69) is 15.3 Å². The lowest BCUT2D eigenvalue weighted by Crippen LogP contribution is -2.37. The molecular weight excluding hydrogens is 206 g/mol. The molecule has 3 N–H and O–H groups in total. The molecule has 0 aliphatic rings. The van der Waals surface area contributed by atoms with Crippen LogP contribution in [0.25, 0.3) is 0 Å². The summed E-state index contributed by atoms with van der Waals surface area (Å²) in [4.78, 5) is 13.3. The van der Waals surface area contributed by atoms with Crippen LogP contribution in [0.15, 0.2) is 12.4 Å². The summed E-state index contributed by atoms with van der Waals surface area (Å²) < 4.78 is 1.78. The number of carbonyl (C=O) groups is 1. The average molecular weight is 225 g/mol. The molecule has 6 heteroatoms. The quantitative estimate of drug-likeness (QED) is 0.686. The molecule has 1 heterocycles. The summed E-state index contributed by atoms with van der Waals surface area (Å²) in [6, 6.07) is 0. The largest absolute Gasteiger partial charge is 0.396 e. The number of likely N-dealkylation sites (N-methyl/N-ethyl adjacent to an activating group) is 2. The van der Waals surface area contributed by atoms with E-state index in [9.17, 15) is 4.79 Å². The van der Waals surface area contributed by atoms with Crippen molar-refractivity contribution in [1.29, 1.82) is 0 Å². The van der Waals surface area contributed by atoms with E-state index in [1.807, 2.05) is 6.92 Å². The third kappa shape index (κ3) is 3.90. The maximum atomic E-state index is 11.2. The molecule has 0 unspecified atom stereocenters. The van der Waals surface area contributed by atoms with Crippen LogP contribution in [0.3, 0.4) is 0 Å². The Morgan fingerprint density at radius 1 is 1.69 bits per heavy atom. The van der Waals surface area contributed by atoms with E-state index >= 15 is 0 Å². The number of carbonyl (C=O) groups excluding carboxylic acids is 1. The number of nitrogens with zero attached hydrogens (tertiary/aromatic N) is 3. The third-order valence-electron chi connectivity index (χ3n) is 2.39. The Morgan fingerprint density at radius 3 is 2.94 bits per heavy atom. The van der Waals surface area contributed by atoms with Crippen molar-refractivity contribution in [1.82, 2.24) is 20.0 Å². The monoisotopic (exact) mass is 225 g/mol. The van der Waals surface area contributed by atoms with Crippen molar-refractivity contribution in [3.8, 4) is 0 Å². The molecule has 0 radical (unpaired) electrons. The second-order valence-electron chi connectivity index (χ2n) is 3.58. The molecule has 0 aliphatic carbocycles. The minimum atomic E-state index is 0.0295. The molecule has 1 aromatic heterocycles. The highest BCUT2D eigenvalue weighted by Gasteiger charge is 2.07. The first-order valence-corrected chi connectivity index (χ1v) is 5.36. The molecule has 0 atom stereocenters. The number of nitrogens with one attached hydrogen (secondary N) is 1. The van der Waals surface area contributed by atoms with Crippen LogP contribution in [-0.4, -0.2) is 47.3 Å². The van der Waals surface area contributed by atoms with Gasteiger partial charge in [-0.3, -0.25) is 14.4 Å². The van der Waals surface area contributed by atoms with Gasteiger partial charge in [0.15, 0.2) is 0 Å². The lowest BCUT2D eigenvalue weighted by atomic mass is 10.4. The van der Waals surface area contributed by atoms with Crippen LogP contribution in [0, 0.1) is 0 Å². The summed E-state index contributed by atoms with van der Waals surface area (Å²) in [5.41, 5.74) is 6.22.